The summed E-state index contributed by atoms with van der Waals surface area (Å²) in [4.78, 5) is 24.3. The molecule has 0 bridgehead atoms. The Kier molecular flexibility index (Phi) is 7.10. The van der Waals surface area contributed by atoms with Gasteiger partial charge in [-0.05, 0) is 32.4 Å². The molecule has 1 aliphatic heterocycles. The lowest BCUT2D eigenvalue weighted by atomic mass is 10.1. The first-order valence-corrected chi connectivity index (χ1v) is 6.37. The van der Waals surface area contributed by atoms with Crippen molar-refractivity contribution in [2.75, 3.05) is 33.4 Å². The molecule has 0 aliphatic carbocycles. The summed E-state index contributed by atoms with van der Waals surface area (Å²) in [5.74, 6) is -1.06. The highest BCUT2D eigenvalue weighted by molar-refractivity contribution is 5.91. The molecule has 0 atom stereocenters. The molecular formula is C13H21NO4. The predicted octanol–water partition coefficient (Wildman–Crippen LogP) is 1.13. The minimum atomic E-state index is -0.555. The van der Waals surface area contributed by atoms with Crippen LogP contribution in [0, 0.1) is 0 Å². The van der Waals surface area contributed by atoms with Gasteiger partial charge in [0.05, 0.1) is 13.7 Å². The maximum absolute atomic E-state index is 11.2. The Morgan fingerprint density at radius 3 is 2.44 bits per heavy atom. The maximum atomic E-state index is 11.2. The third-order valence-electron chi connectivity index (χ3n) is 2.87. The number of hydrogen-bond donors (Lipinski definition) is 0. The number of hydrogen-bond acceptors (Lipinski definition) is 5. The van der Waals surface area contributed by atoms with Gasteiger partial charge in [-0.15, -0.1) is 0 Å². The smallest absolute Gasteiger partial charge is 0.331 e. The van der Waals surface area contributed by atoms with Crippen LogP contribution < -0.4 is 0 Å². The van der Waals surface area contributed by atoms with Crippen LogP contribution >= 0.6 is 0 Å². The molecule has 102 valence electrons. The van der Waals surface area contributed by atoms with Crippen molar-refractivity contribution in [1.82, 2.24) is 4.90 Å². The van der Waals surface area contributed by atoms with Crippen LogP contribution in [0.4, 0.5) is 0 Å². The molecule has 1 heterocycles. The molecule has 0 aromatic heterocycles. The normalized spacial score (nSPS) is 16.7. The van der Waals surface area contributed by atoms with Crippen LogP contribution in [-0.4, -0.2) is 50.2 Å². The summed E-state index contributed by atoms with van der Waals surface area (Å²) in [7, 11) is 1.26. The topological polar surface area (TPSA) is 55.8 Å². The second-order valence-corrected chi connectivity index (χ2v) is 4.28. The van der Waals surface area contributed by atoms with Crippen LogP contribution in [0.25, 0.3) is 0 Å². The summed E-state index contributed by atoms with van der Waals surface area (Å²) in [6.45, 7) is 3.65. The Bertz CT molecular complexity index is 295. The molecule has 1 fully saturated rings. The molecule has 5 heteroatoms. The summed E-state index contributed by atoms with van der Waals surface area (Å²) >= 11 is 0. The SMILES string of the molecule is COC(=O)/C=C/C(=O)OCCCN1CCCCC1. The molecule has 0 amide bonds. The second-order valence-electron chi connectivity index (χ2n) is 4.28. The van der Waals surface area contributed by atoms with Crippen molar-refractivity contribution >= 4 is 11.9 Å². The van der Waals surface area contributed by atoms with Gasteiger partial charge < -0.3 is 14.4 Å². The third kappa shape index (κ3) is 6.39. The van der Waals surface area contributed by atoms with E-state index in [9.17, 15) is 9.59 Å². The van der Waals surface area contributed by atoms with Crippen LogP contribution in [0.5, 0.6) is 0 Å². The van der Waals surface area contributed by atoms with E-state index in [1.807, 2.05) is 0 Å². The fourth-order valence-electron chi connectivity index (χ4n) is 1.90. The molecule has 0 aromatic carbocycles. The lowest BCUT2D eigenvalue weighted by Crippen LogP contribution is -2.31. The van der Waals surface area contributed by atoms with Gasteiger partial charge in [-0.25, -0.2) is 9.59 Å². The van der Waals surface area contributed by atoms with Gasteiger partial charge in [-0.1, -0.05) is 6.42 Å². The maximum Gasteiger partial charge on any atom is 0.331 e. The van der Waals surface area contributed by atoms with Crippen molar-refractivity contribution in [2.24, 2.45) is 0 Å². The van der Waals surface area contributed by atoms with E-state index in [4.69, 9.17) is 4.74 Å². The number of methoxy groups -OCH3 is 1. The van der Waals surface area contributed by atoms with Gasteiger partial charge in [0.25, 0.3) is 0 Å². The van der Waals surface area contributed by atoms with Crippen LogP contribution in [0.3, 0.4) is 0 Å². The first-order chi connectivity index (χ1) is 8.72. The zero-order valence-electron chi connectivity index (χ0n) is 10.9. The van der Waals surface area contributed by atoms with Gasteiger partial charge in [0, 0.05) is 18.7 Å². The van der Waals surface area contributed by atoms with E-state index in [1.54, 1.807) is 0 Å². The number of nitrogens with zero attached hydrogens (tertiary/aromatic N) is 1. The standard InChI is InChI=1S/C13H21NO4/c1-17-12(15)6-7-13(16)18-11-5-10-14-8-3-2-4-9-14/h6-7H,2-5,8-11H2,1H3/b7-6+. The van der Waals surface area contributed by atoms with E-state index in [1.165, 1.54) is 26.4 Å². The average molecular weight is 255 g/mol. The van der Waals surface area contributed by atoms with Gasteiger partial charge in [0.15, 0.2) is 0 Å². The van der Waals surface area contributed by atoms with Crippen molar-refractivity contribution in [3.63, 3.8) is 0 Å². The highest BCUT2D eigenvalue weighted by Gasteiger charge is 2.09. The van der Waals surface area contributed by atoms with E-state index < -0.39 is 11.9 Å². The lowest BCUT2D eigenvalue weighted by Gasteiger charge is -2.26. The minimum Gasteiger partial charge on any atom is -0.466 e. The molecular weight excluding hydrogens is 234 g/mol. The molecule has 1 rings (SSSR count). The average Bonchev–Trinajstić information content (AvgIpc) is 2.42. The highest BCUT2D eigenvalue weighted by atomic mass is 16.5. The largest absolute Gasteiger partial charge is 0.466 e. The number of esters is 2. The zero-order chi connectivity index (χ0) is 13.2. The minimum absolute atomic E-state index is 0.390. The van der Waals surface area contributed by atoms with Gasteiger partial charge in [-0.2, -0.15) is 0 Å². The Morgan fingerprint density at radius 1 is 1.11 bits per heavy atom. The van der Waals surface area contributed by atoms with E-state index in [-0.39, 0.29) is 0 Å². The van der Waals surface area contributed by atoms with E-state index in [2.05, 4.69) is 9.64 Å². The third-order valence-corrected chi connectivity index (χ3v) is 2.87. The Labute approximate surface area is 108 Å². The number of carbonyl (C=O) groups excluding carboxylic acids is 2. The van der Waals surface area contributed by atoms with Crippen LogP contribution in [-0.2, 0) is 19.1 Å². The molecule has 0 N–H and O–H groups in total. The number of carbonyl (C=O) groups is 2. The summed E-state index contributed by atoms with van der Waals surface area (Å²) in [5, 5.41) is 0. The van der Waals surface area contributed by atoms with Crippen molar-refractivity contribution in [2.45, 2.75) is 25.7 Å². The fraction of sp³-hybridized carbons (Fsp3) is 0.692. The van der Waals surface area contributed by atoms with E-state index in [0.717, 1.165) is 38.2 Å². The van der Waals surface area contributed by atoms with Crippen molar-refractivity contribution < 1.29 is 19.1 Å². The predicted molar refractivity (Wildman–Crippen MR) is 67.0 cm³/mol. The molecule has 0 aromatic rings. The number of likely N-dealkylation sites (tertiary alicyclic amines) is 1. The molecule has 1 aliphatic rings. The molecule has 0 radical (unpaired) electrons. The van der Waals surface area contributed by atoms with Gasteiger partial charge in [0.1, 0.15) is 0 Å². The number of rotatable bonds is 6. The second kappa shape index (κ2) is 8.69. The quantitative estimate of drug-likeness (QED) is 0.404. The van der Waals surface area contributed by atoms with Gasteiger partial charge in [0.2, 0.25) is 0 Å². The first-order valence-electron chi connectivity index (χ1n) is 6.37. The van der Waals surface area contributed by atoms with Crippen LogP contribution in [0.15, 0.2) is 12.2 Å². The highest BCUT2D eigenvalue weighted by Crippen LogP contribution is 2.08. The lowest BCUT2D eigenvalue weighted by molar-refractivity contribution is -0.139. The molecule has 5 nitrogen and oxygen atoms in total. The molecule has 1 saturated heterocycles. The van der Waals surface area contributed by atoms with E-state index >= 15 is 0 Å². The zero-order valence-corrected chi connectivity index (χ0v) is 10.9. The Balaban J connectivity index is 2.04. The molecule has 0 unspecified atom stereocenters. The Hall–Kier alpha value is -1.36. The summed E-state index contributed by atoms with van der Waals surface area (Å²) in [6, 6.07) is 0. The van der Waals surface area contributed by atoms with Gasteiger partial charge >= 0.3 is 11.9 Å². The van der Waals surface area contributed by atoms with Crippen molar-refractivity contribution in [3.05, 3.63) is 12.2 Å². The van der Waals surface area contributed by atoms with E-state index in [0.29, 0.717) is 6.61 Å². The summed E-state index contributed by atoms with van der Waals surface area (Å²) in [5.41, 5.74) is 0. The number of ether oxygens (including phenoxy) is 2. The van der Waals surface area contributed by atoms with Crippen LogP contribution in [0.1, 0.15) is 25.7 Å². The summed E-state index contributed by atoms with van der Waals surface area (Å²) < 4.78 is 9.33. The van der Waals surface area contributed by atoms with Crippen LogP contribution in [0.2, 0.25) is 0 Å². The van der Waals surface area contributed by atoms with Gasteiger partial charge in [-0.3, -0.25) is 0 Å². The molecule has 18 heavy (non-hydrogen) atoms. The summed E-state index contributed by atoms with van der Waals surface area (Å²) in [6.07, 6.45) is 6.84. The Morgan fingerprint density at radius 2 is 1.78 bits per heavy atom. The first kappa shape index (κ1) is 14.7. The monoisotopic (exact) mass is 255 g/mol. The molecule has 0 spiro atoms. The molecule has 0 saturated carbocycles. The van der Waals surface area contributed by atoms with Crippen molar-refractivity contribution in [1.29, 1.82) is 0 Å². The van der Waals surface area contributed by atoms with Crippen molar-refractivity contribution in [3.8, 4) is 0 Å². The number of piperidine rings is 1. The fourth-order valence-corrected chi connectivity index (χ4v) is 1.90.